The molecule has 0 bridgehead atoms. The normalized spacial score (nSPS) is 10.7. The van der Waals surface area contributed by atoms with Crippen LogP contribution in [0.1, 0.15) is 0 Å². The van der Waals surface area contributed by atoms with Crippen LogP contribution >= 0.6 is 35.6 Å². The summed E-state index contributed by atoms with van der Waals surface area (Å²) in [5.74, 6) is 0. The Kier molecular flexibility index (Phi) is 2.38. The molecule has 6 heteroatoms. The van der Waals surface area contributed by atoms with Crippen molar-refractivity contribution < 1.29 is 4.92 Å². The van der Waals surface area contributed by atoms with Gasteiger partial charge in [-0.3, -0.25) is 10.1 Å². The molecule has 0 aliphatic carbocycles. The van der Waals surface area contributed by atoms with Crippen LogP contribution in [-0.4, -0.2) is 4.92 Å². The SMILES string of the molecule is O=[N+]([O-])c1c(S)cc2ccsc2c1Cl. The topological polar surface area (TPSA) is 43.1 Å². The lowest BCUT2D eigenvalue weighted by Crippen LogP contribution is -1.90. The van der Waals surface area contributed by atoms with Crippen LogP contribution < -0.4 is 0 Å². The smallest absolute Gasteiger partial charge is 0.258 e. The molecule has 0 radical (unpaired) electrons. The first-order valence-electron chi connectivity index (χ1n) is 3.64. The molecule has 0 spiro atoms. The third kappa shape index (κ3) is 1.37. The molecule has 3 nitrogen and oxygen atoms in total. The van der Waals surface area contributed by atoms with Gasteiger partial charge < -0.3 is 0 Å². The van der Waals surface area contributed by atoms with E-state index in [1.165, 1.54) is 11.3 Å². The van der Waals surface area contributed by atoms with Gasteiger partial charge in [0.05, 0.1) is 14.5 Å². The Hall–Kier alpha value is -0.780. The van der Waals surface area contributed by atoms with E-state index in [0.717, 1.165) is 10.1 Å². The van der Waals surface area contributed by atoms with E-state index in [1.54, 1.807) is 6.07 Å². The van der Waals surface area contributed by atoms with Crippen LogP contribution in [0.15, 0.2) is 22.4 Å². The second-order valence-corrected chi connectivity index (χ2v) is 4.43. The van der Waals surface area contributed by atoms with Crippen LogP contribution in [0.5, 0.6) is 0 Å². The minimum Gasteiger partial charge on any atom is -0.258 e. The van der Waals surface area contributed by atoms with Crippen molar-refractivity contribution in [1.29, 1.82) is 0 Å². The minimum atomic E-state index is -0.510. The quantitative estimate of drug-likeness (QED) is 0.472. The molecular formula is C8H4ClNO2S2. The van der Waals surface area contributed by atoms with Gasteiger partial charge in [-0.2, -0.15) is 0 Å². The fraction of sp³-hybridized carbons (Fsp3) is 0. The molecule has 0 unspecified atom stereocenters. The van der Waals surface area contributed by atoms with Crippen molar-refractivity contribution in [2.75, 3.05) is 0 Å². The van der Waals surface area contributed by atoms with Crippen LogP contribution in [0.3, 0.4) is 0 Å². The highest BCUT2D eigenvalue weighted by atomic mass is 35.5. The number of nitrogens with zero attached hydrogens (tertiary/aromatic N) is 1. The largest absolute Gasteiger partial charge is 0.302 e. The molecule has 0 fully saturated rings. The number of benzene rings is 1. The zero-order valence-electron chi connectivity index (χ0n) is 6.73. The number of rotatable bonds is 1. The van der Waals surface area contributed by atoms with Crippen molar-refractivity contribution in [1.82, 2.24) is 0 Å². The van der Waals surface area contributed by atoms with Crippen molar-refractivity contribution in [2.24, 2.45) is 0 Å². The Balaban J connectivity index is 2.89. The number of nitro benzene ring substituents is 1. The van der Waals surface area contributed by atoms with Crippen molar-refractivity contribution >= 4 is 51.3 Å². The summed E-state index contributed by atoms with van der Waals surface area (Å²) in [6, 6.07) is 3.51. The Bertz CT molecular complexity index is 523. The predicted molar refractivity (Wildman–Crippen MR) is 60.7 cm³/mol. The lowest BCUT2D eigenvalue weighted by atomic mass is 10.2. The highest BCUT2D eigenvalue weighted by molar-refractivity contribution is 7.80. The van der Waals surface area contributed by atoms with Gasteiger partial charge in [-0.15, -0.1) is 24.0 Å². The van der Waals surface area contributed by atoms with Gasteiger partial charge in [0.1, 0.15) is 5.02 Å². The third-order valence-electron chi connectivity index (χ3n) is 1.82. The second kappa shape index (κ2) is 3.42. The van der Waals surface area contributed by atoms with Gasteiger partial charge >= 0.3 is 5.69 Å². The fourth-order valence-corrected chi connectivity index (χ4v) is 2.85. The lowest BCUT2D eigenvalue weighted by molar-refractivity contribution is -0.387. The van der Waals surface area contributed by atoms with Crippen LogP contribution in [0.2, 0.25) is 5.02 Å². The van der Waals surface area contributed by atoms with E-state index in [1.807, 2.05) is 11.4 Å². The molecule has 0 saturated heterocycles. The van der Waals surface area contributed by atoms with Gasteiger partial charge in [-0.05, 0) is 22.9 Å². The molecule has 0 amide bonds. The molecule has 1 aromatic heterocycles. The van der Waals surface area contributed by atoms with Crippen LogP contribution in [-0.2, 0) is 0 Å². The molecule has 1 heterocycles. The van der Waals surface area contributed by atoms with Crippen LogP contribution in [0.4, 0.5) is 5.69 Å². The average molecular weight is 246 g/mol. The summed E-state index contributed by atoms with van der Waals surface area (Å²) >= 11 is 11.3. The second-order valence-electron chi connectivity index (χ2n) is 2.65. The number of hydrogen-bond acceptors (Lipinski definition) is 4. The average Bonchev–Trinajstić information content (AvgIpc) is 2.50. The summed E-state index contributed by atoms with van der Waals surface area (Å²) in [5, 5.41) is 13.6. The maximum Gasteiger partial charge on any atom is 0.302 e. The van der Waals surface area contributed by atoms with Gasteiger partial charge in [0.2, 0.25) is 0 Å². The number of halogens is 1. The Morgan fingerprint density at radius 3 is 2.93 bits per heavy atom. The Morgan fingerprint density at radius 2 is 2.29 bits per heavy atom. The molecule has 2 rings (SSSR count). The first-order valence-corrected chi connectivity index (χ1v) is 5.35. The summed E-state index contributed by atoms with van der Waals surface area (Å²) in [6.07, 6.45) is 0. The number of thiophene rings is 1. The molecule has 14 heavy (non-hydrogen) atoms. The van der Waals surface area contributed by atoms with Crippen molar-refractivity contribution in [3.8, 4) is 0 Å². The van der Waals surface area contributed by atoms with Gasteiger partial charge in [0.25, 0.3) is 0 Å². The van der Waals surface area contributed by atoms with E-state index >= 15 is 0 Å². The summed E-state index contributed by atoms with van der Waals surface area (Å²) in [4.78, 5) is 10.5. The molecule has 0 saturated carbocycles. The van der Waals surface area contributed by atoms with Crippen LogP contribution in [0, 0.1) is 10.1 Å². The zero-order valence-corrected chi connectivity index (χ0v) is 9.20. The Labute approximate surface area is 93.9 Å². The van der Waals surface area contributed by atoms with Crippen molar-refractivity contribution in [2.45, 2.75) is 4.90 Å². The summed E-state index contributed by atoms with van der Waals surface area (Å²) in [7, 11) is 0. The molecule has 1 aromatic carbocycles. The highest BCUT2D eigenvalue weighted by Gasteiger charge is 2.20. The van der Waals surface area contributed by atoms with E-state index in [2.05, 4.69) is 12.6 Å². The number of hydrogen-bond donors (Lipinski definition) is 1. The van der Waals surface area contributed by atoms with E-state index in [9.17, 15) is 10.1 Å². The number of nitro groups is 1. The third-order valence-corrected chi connectivity index (χ3v) is 3.59. The van der Waals surface area contributed by atoms with E-state index in [0.29, 0.717) is 4.90 Å². The summed E-state index contributed by atoms with van der Waals surface area (Å²) in [6.45, 7) is 0. The fourth-order valence-electron chi connectivity index (χ4n) is 1.22. The maximum absolute atomic E-state index is 10.7. The van der Waals surface area contributed by atoms with Crippen molar-refractivity contribution in [3.63, 3.8) is 0 Å². The lowest BCUT2D eigenvalue weighted by Gasteiger charge is -1.99. The van der Waals surface area contributed by atoms with E-state index < -0.39 is 4.92 Å². The molecule has 72 valence electrons. The summed E-state index contributed by atoms with van der Waals surface area (Å²) < 4.78 is 0.733. The molecule has 2 aromatic rings. The highest BCUT2D eigenvalue weighted by Crippen LogP contribution is 2.40. The van der Waals surface area contributed by atoms with Gasteiger partial charge in [-0.25, -0.2) is 0 Å². The molecule has 0 aliphatic heterocycles. The van der Waals surface area contributed by atoms with E-state index in [4.69, 9.17) is 11.6 Å². The molecule has 0 N–H and O–H groups in total. The van der Waals surface area contributed by atoms with Gasteiger partial charge in [0.15, 0.2) is 0 Å². The van der Waals surface area contributed by atoms with Gasteiger partial charge in [-0.1, -0.05) is 11.6 Å². The minimum absolute atomic E-state index is 0.120. The number of thiol groups is 1. The maximum atomic E-state index is 10.7. The summed E-state index contributed by atoms with van der Waals surface area (Å²) in [5.41, 5.74) is -0.120. The van der Waals surface area contributed by atoms with Crippen LogP contribution in [0.25, 0.3) is 10.1 Å². The molecule has 0 atom stereocenters. The Morgan fingerprint density at radius 1 is 1.57 bits per heavy atom. The zero-order chi connectivity index (χ0) is 10.3. The van der Waals surface area contributed by atoms with Crippen molar-refractivity contribution in [3.05, 3.63) is 32.6 Å². The first kappa shape index (κ1) is 9.76. The van der Waals surface area contributed by atoms with E-state index in [-0.39, 0.29) is 10.7 Å². The predicted octanol–water partition coefficient (Wildman–Crippen LogP) is 3.75. The number of fused-ring (bicyclic) bond motifs is 1. The molecular weight excluding hydrogens is 242 g/mol. The van der Waals surface area contributed by atoms with Gasteiger partial charge in [0, 0.05) is 0 Å². The molecule has 0 aliphatic rings. The standard InChI is InChI=1S/C8H4ClNO2S2/c9-6-7(10(11)12)5(13)3-4-1-2-14-8(4)6/h1-3,13H. The first-order chi connectivity index (χ1) is 6.61. The monoisotopic (exact) mass is 245 g/mol.